The Labute approximate surface area is 270 Å². The summed E-state index contributed by atoms with van der Waals surface area (Å²) in [5, 5.41) is 2.25. The van der Waals surface area contributed by atoms with Crippen LogP contribution in [0.5, 0.6) is 0 Å². The van der Waals surface area contributed by atoms with E-state index in [1.54, 1.807) is 0 Å². The lowest BCUT2D eigenvalue weighted by molar-refractivity contribution is 0.00578. The molecule has 1 aliphatic heterocycles. The molecule has 46 heavy (non-hydrogen) atoms. The van der Waals surface area contributed by atoms with Crippen molar-refractivity contribution >= 4 is 34.5 Å². The van der Waals surface area contributed by atoms with Crippen molar-refractivity contribution in [3.05, 3.63) is 140 Å². The maximum atomic E-state index is 6.74. The van der Waals surface area contributed by atoms with E-state index in [2.05, 4.69) is 161 Å². The first-order valence-corrected chi connectivity index (χ1v) is 15.9. The molecule has 1 fully saturated rings. The second-order valence-electron chi connectivity index (χ2n) is 13.2. The Morgan fingerprint density at radius 1 is 0.391 bits per heavy atom. The topological polar surface area (TPSA) is 31.6 Å². The van der Waals surface area contributed by atoms with E-state index < -0.39 is 0 Å². The van der Waals surface area contributed by atoms with Crippen LogP contribution in [-0.2, 0) is 9.31 Å². The summed E-state index contributed by atoms with van der Waals surface area (Å²) in [6, 6.07) is 49.3. The molecule has 224 valence electrons. The maximum Gasteiger partial charge on any atom is 0.494 e. The highest BCUT2D eigenvalue weighted by Crippen LogP contribution is 2.42. The number of furan rings is 1. The minimum atomic E-state index is -0.362. The van der Waals surface area contributed by atoms with Crippen molar-refractivity contribution in [2.75, 3.05) is 0 Å². The molecule has 0 N–H and O–H groups in total. The van der Waals surface area contributed by atoms with Crippen LogP contribution >= 0.6 is 0 Å². The van der Waals surface area contributed by atoms with Gasteiger partial charge in [-0.15, -0.1) is 0 Å². The van der Waals surface area contributed by atoms with Crippen LogP contribution in [0, 0.1) is 0 Å². The highest BCUT2D eigenvalue weighted by Gasteiger charge is 2.51. The van der Waals surface area contributed by atoms with E-state index in [-0.39, 0.29) is 18.3 Å². The fraction of sp³-hybridized carbons (Fsp3) is 0.143. The highest BCUT2D eigenvalue weighted by atomic mass is 16.7. The highest BCUT2D eigenvalue weighted by molar-refractivity contribution is 6.62. The molecular weight excluding hydrogens is 563 g/mol. The van der Waals surface area contributed by atoms with Gasteiger partial charge in [-0.25, -0.2) is 0 Å². The summed E-state index contributed by atoms with van der Waals surface area (Å²) in [5.41, 5.74) is 11.3. The van der Waals surface area contributed by atoms with Gasteiger partial charge >= 0.3 is 7.12 Å². The average molecular weight is 599 g/mol. The molecule has 1 saturated heterocycles. The van der Waals surface area contributed by atoms with E-state index in [0.29, 0.717) is 0 Å². The molecule has 0 radical (unpaired) electrons. The third kappa shape index (κ3) is 4.77. The summed E-state index contributed by atoms with van der Waals surface area (Å²) in [5.74, 6) is 0. The van der Waals surface area contributed by atoms with Gasteiger partial charge in [0.15, 0.2) is 0 Å². The number of hydrogen-bond acceptors (Lipinski definition) is 3. The summed E-state index contributed by atoms with van der Waals surface area (Å²) < 4.78 is 19.2. The van der Waals surface area contributed by atoms with E-state index in [4.69, 9.17) is 13.7 Å². The van der Waals surface area contributed by atoms with Gasteiger partial charge in [-0.2, -0.15) is 0 Å². The SMILES string of the molecule is CC1(C)OB(c2ccc(-c3ccc(-c4ccccc4-c4cccc5c4oc4c(-c6ccccc6)cccc45)cc3)cc2)OC1(C)C. The molecule has 0 unspecified atom stereocenters. The van der Waals surface area contributed by atoms with Crippen molar-refractivity contribution in [2.24, 2.45) is 0 Å². The molecule has 2 heterocycles. The van der Waals surface area contributed by atoms with E-state index >= 15 is 0 Å². The molecule has 0 bridgehead atoms. The Balaban J connectivity index is 1.13. The predicted octanol–water partition coefficient (Wildman–Crippen LogP) is 10.6. The van der Waals surface area contributed by atoms with Crippen LogP contribution in [0.25, 0.3) is 66.4 Å². The van der Waals surface area contributed by atoms with Crippen molar-refractivity contribution in [3.8, 4) is 44.5 Å². The van der Waals surface area contributed by atoms with Crippen LogP contribution in [-0.4, -0.2) is 18.3 Å². The van der Waals surface area contributed by atoms with E-state index in [9.17, 15) is 0 Å². The average Bonchev–Trinajstić information content (AvgIpc) is 3.58. The summed E-state index contributed by atoms with van der Waals surface area (Å²) in [4.78, 5) is 0. The summed E-state index contributed by atoms with van der Waals surface area (Å²) in [6.45, 7) is 8.33. The first kappa shape index (κ1) is 28.6. The Hall–Kier alpha value is -4.90. The number of para-hydroxylation sites is 2. The van der Waals surface area contributed by atoms with Gasteiger partial charge in [0.2, 0.25) is 0 Å². The van der Waals surface area contributed by atoms with Gasteiger partial charge < -0.3 is 13.7 Å². The van der Waals surface area contributed by atoms with Crippen molar-refractivity contribution in [1.82, 2.24) is 0 Å². The standard InChI is InChI=1S/C42H35BO3/c1-41(2)42(3,4)46-43(45-41)32-26-24-29(25-27-32)28-20-22-31(23-21-28)33-14-8-9-15-35(33)36-17-11-19-38-37-18-10-16-34(39(37)44-40(36)38)30-12-6-5-7-13-30/h5-27H,1-4H3. The lowest BCUT2D eigenvalue weighted by Crippen LogP contribution is -2.41. The molecular formula is C42H35BO3. The third-order valence-corrected chi connectivity index (χ3v) is 9.79. The summed E-state index contributed by atoms with van der Waals surface area (Å²) >= 11 is 0. The molecule has 4 heteroatoms. The first-order valence-electron chi connectivity index (χ1n) is 15.9. The van der Waals surface area contributed by atoms with Crippen LogP contribution in [0.4, 0.5) is 0 Å². The smallest absolute Gasteiger partial charge is 0.455 e. The van der Waals surface area contributed by atoms with Crippen molar-refractivity contribution in [3.63, 3.8) is 0 Å². The normalized spacial score (nSPS) is 15.5. The minimum absolute atomic E-state index is 0.358. The second kappa shape index (κ2) is 10.9. The lowest BCUT2D eigenvalue weighted by atomic mass is 9.78. The molecule has 7 aromatic rings. The Kier molecular flexibility index (Phi) is 6.75. The van der Waals surface area contributed by atoms with E-state index in [1.807, 2.05) is 6.07 Å². The quantitative estimate of drug-likeness (QED) is 0.185. The van der Waals surface area contributed by atoms with Crippen LogP contribution in [0.3, 0.4) is 0 Å². The second-order valence-corrected chi connectivity index (χ2v) is 13.2. The Bertz CT molecular complexity index is 2180. The zero-order chi connectivity index (χ0) is 31.5. The van der Waals surface area contributed by atoms with Crippen molar-refractivity contribution in [2.45, 2.75) is 38.9 Å². The predicted molar refractivity (Wildman–Crippen MR) is 191 cm³/mol. The summed E-state index contributed by atoms with van der Waals surface area (Å²) in [6.07, 6.45) is 0. The number of hydrogen-bond donors (Lipinski definition) is 0. The van der Waals surface area contributed by atoms with Crippen LogP contribution < -0.4 is 5.46 Å². The largest absolute Gasteiger partial charge is 0.494 e. The number of fused-ring (bicyclic) bond motifs is 3. The molecule has 0 saturated carbocycles. The van der Waals surface area contributed by atoms with Crippen LogP contribution in [0.2, 0.25) is 0 Å². The van der Waals surface area contributed by atoms with Gasteiger partial charge in [0.25, 0.3) is 0 Å². The van der Waals surface area contributed by atoms with Crippen LogP contribution in [0.15, 0.2) is 144 Å². The molecule has 1 aliphatic rings. The molecule has 3 nitrogen and oxygen atoms in total. The molecule has 0 atom stereocenters. The van der Waals surface area contributed by atoms with Gasteiger partial charge in [0, 0.05) is 21.9 Å². The fourth-order valence-corrected chi connectivity index (χ4v) is 6.50. The van der Waals surface area contributed by atoms with Crippen molar-refractivity contribution < 1.29 is 13.7 Å². The van der Waals surface area contributed by atoms with Gasteiger partial charge in [-0.05, 0) is 66.5 Å². The zero-order valence-corrected chi connectivity index (χ0v) is 26.6. The molecule has 0 spiro atoms. The minimum Gasteiger partial charge on any atom is -0.455 e. The van der Waals surface area contributed by atoms with Crippen molar-refractivity contribution in [1.29, 1.82) is 0 Å². The van der Waals surface area contributed by atoms with Crippen LogP contribution in [0.1, 0.15) is 27.7 Å². The number of benzene rings is 6. The van der Waals surface area contributed by atoms with Gasteiger partial charge in [-0.1, -0.05) is 140 Å². The fourth-order valence-electron chi connectivity index (χ4n) is 6.50. The monoisotopic (exact) mass is 598 g/mol. The first-order chi connectivity index (χ1) is 22.3. The Morgan fingerprint density at radius 2 is 0.848 bits per heavy atom. The lowest BCUT2D eigenvalue weighted by Gasteiger charge is -2.32. The zero-order valence-electron chi connectivity index (χ0n) is 26.6. The Morgan fingerprint density at radius 3 is 1.48 bits per heavy atom. The summed E-state index contributed by atoms with van der Waals surface area (Å²) in [7, 11) is -0.362. The number of rotatable bonds is 5. The molecule has 8 rings (SSSR count). The molecule has 0 amide bonds. The van der Waals surface area contributed by atoms with Gasteiger partial charge in [0.1, 0.15) is 11.2 Å². The third-order valence-electron chi connectivity index (χ3n) is 9.79. The molecule has 6 aromatic carbocycles. The van der Waals surface area contributed by atoms with E-state index in [0.717, 1.165) is 66.3 Å². The molecule has 0 aliphatic carbocycles. The molecule has 1 aromatic heterocycles. The van der Waals surface area contributed by atoms with E-state index in [1.165, 1.54) is 5.56 Å². The maximum absolute atomic E-state index is 6.74. The van der Waals surface area contributed by atoms with Gasteiger partial charge in [0.05, 0.1) is 11.2 Å². The van der Waals surface area contributed by atoms with Gasteiger partial charge in [-0.3, -0.25) is 0 Å².